The highest BCUT2D eigenvalue weighted by atomic mass is 32.2. The Bertz CT molecular complexity index is 484. The van der Waals surface area contributed by atoms with Crippen LogP contribution >= 0.6 is 24.0 Å². The normalized spacial score (nSPS) is 18.2. The molecule has 6 heteroatoms. The Labute approximate surface area is 130 Å². The molecule has 1 aromatic rings. The number of nitrogens with two attached hydrogens (primary N) is 1. The third-order valence-electron chi connectivity index (χ3n) is 3.61. The van der Waals surface area contributed by atoms with E-state index in [2.05, 4.69) is 29.4 Å². The van der Waals surface area contributed by atoms with Gasteiger partial charge in [0.1, 0.15) is 4.99 Å². The Kier molecular flexibility index (Phi) is 5.60. The van der Waals surface area contributed by atoms with Crippen molar-refractivity contribution in [3.05, 3.63) is 16.8 Å². The lowest BCUT2D eigenvalue weighted by atomic mass is 10.0. The molecule has 2 rings (SSSR count). The van der Waals surface area contributed by atoms with Crippen LogP contribution in [0.4, 0.5) is 5.82 Å². The molecule has 1 unspecified atom stereocenters. The van der Waals surface area contributed by atoms with Gasteiger partial charge in [-0.1, -0.05) is 26.1 Å². The zero-order valence-electron chi connectivity index (χ0n) is 12.1. The Morgan fingerprint density at radius 1 is 1.40 bits per heavy atom. The first-order valence-electron chi connectivity index (χ1n) is 7.21. The van der Waals surface area contributed by atoms with Crippen LogP contribution in [0, 0.1) is 0 Å². The van der Waals surface area contributed by atoms with Crippen molar-refractivity contribution in [1.82, 2.24) is 10.2 Å². The number of hydrogen-bond donors (Lipinski definition) is 2. The first-order valence-corrected chi connectivity index (χ1v) is 8.66. The molecule has 0 saturated carbocycles. The molecule has 0 bridgehead atoms. The molecule has 0 aliphatic carbocycles. The van der Waals surface area contributed by atoms with Crippen LogP contribution in [-0.4, -0.2) is 32.7 Å². The molecule has 1 aliphatic rings. The predicted octanol–water partition coefficient (Wildman–Crippen LogP) is 2.54. The van der Waals surface area contributed by atoms with E-state index < -0.39 is 0 Å². The van der Waals surface area contributed by atoms with E-state index in [1.807, 2.05) is 11.8 Å². The minimum atomic E-state index is 0.410. The van der Waals surface area contributed by atoms with Crippen LogP contribution in [0.3, 0.4) is 0 Å². The molecule has 110 valence electrons. The smallest absolute Gasteiger partial charge is 0.159 e. The van der Waals surface area contributed by atoms with Crippen LogP contribution < -0.4 is 11.1 Å². The summed E-state index contributed by atoms with van der Waals surface area (Å²) in [4.78, 5) is 0.410. The molecule has 1 aliphatic heterocycles. The Morgan fingerprint density at radius 3 is 2.75 bits per heavy atom. The van der Waals surface area contributed by atoms with Gasteiger partial charge < -0.3 is 11.1 Å². The average molecular weight is 310 g/mol. The van der Waals surface area contributed by atoms with Crippen LogP contribution in [0.1, 0.15) is 43.5 Å². The topological polar surface area (TPSA) is 63.8 Å². The van der Waals surface area contributed by atoms with E-state index in [1.54, 1.807) is 0 Å². The number of thioether (sulfide) groups is 1. The van der Waals surface area contributed by atoms with Crippen LogP contribution in [-0.2, 0) is 12.8 Å². The van der Waals surface area contributed by atoms with Gasteiger partial charge in [0, 0.05) is 11.8 Å². The Balaban J connectivity index is 2.24. The van der Waals surface area contributed by atoms with Gasteiger partial charge in [-0.2, -0.15) is 16.9 Å². The number of nitrogens with zero attached hydrogens (tertiary/aromatic N) is 2. The molecule has 0 spiro atoms. The summed E-state index contributed by atoms with van der Waals surface area (Å²) in [6, 6.07) is 0. The summed E-state index contributed by atoms with van der Waals surface area (Å²) in [5.74, 6) is 2.01. The average Bonchev–Trinajstić information content (AvgIpc) is 2.96. The summed E-state index contributed by atoms with van der Waals surface area (Å²) in [6.07, 6.45) is 4.30. The first kappa shape index (κ1) is 15.5. The minimum absolute atomic E-state index is 0.410. The lowest BCUT2D eigenvalue weighted by Gasteiger charge is -2.17. The van der Waals surface area contributed by atoms with Gasteiger partial charge in [-0.3, -0.25) is 0 Å². The van der Waals surface area contributed by atoms with E-state index in [-0.39, 0.29) is 0 Å². The van der Waals surface area contributed by atoms with Crippen LogP contribution in [0.25, 0.3) is 0 Å². The fourth-order valence-corrected chi connectivity index (χ4v) is 4.00. The summed E-state index contributed by atoms with van der Waals surface area (Å²) in [5.41, 5.74) is 8.94. The molecule has 2 heterocycles. The molecule has 0 amide bonds. The molecule has 3 N–H and O–H groups in total. The second-order valence-electron chi connectivity index (χ2n) is 4.94. The van der Waals surface area contributed by atoms with Gasteiger partial charge in [-0.25, -0.2) is 0 Å². The van der Waals surface area contributed by atoms with E-state index in [0.29, 0.717) is 10.2 Å². The van der Waals surface area contributed by atoms with Crippen molar-refractivity contribution in [2.45, 2.75) is 44.8 Å². The van der Waals surface area contributed by atoms with E-state index in [1.165, 1.54) is 18.6 Å². The van der Waals surface area contributed by atoms with Gasteiger partial charge in [0.25, 0.3) is 0 Å². The van der Waals surface area contributed by atoms with Gasteiger partial charge >= 0.3 is 0 Å². The number of hydrogen-bond acceptors (Lipinski definition) is 5. The highest BCUT2D eigenvalue weighted by molar-refractivity contribution is 8.00. The van der Waals surface area contributed by atoms with Gasteiger partial charge in [-0.15, -0.1) is 5.10 Å². The molecule has 4 nitrogen and oxygen atoms in total. The highest BCUT2D eigenvalue weighted by Gasteiger charge is 2.19. The zero-order chi connectivity index (χ0) is 14.5. The summed E-state index contributed by atoms with van der Waals surface area (Å²) >= 11 is 7.24. The van der Waals surface area contributed by atoms with Gasteiger partial charge in [0.2, 0.25) is 0 Å². The number of rotatable bonds is 6. The number of nitrogens with one attached hydrogen (secondary N) is 1. The largest absolute Gasteiger partial charge is 0.389 e. The maximum Gasteiger partial charge on any atom is 0.159 e. The van der Waals surface area contributed by atoms with Crippen molar-refractivity contribution >= 4 is 34.8 Å². The van der Waals surface area contributed by atoms with Crippen LogP contribution in [0.2, 0.25) is 0 Å². The van der Waals surface area contributed by atoms with Crippen molar-refractivity contribution < 1.29 is 0 Å². The number of thiocarbonyl (C=S) groups is 1. The van der Waals surface area contributed by atoms with Crippen molar-refractivity contribution in [3.8, 4) is 0 Å². The van der Waals surface area contributed by atoms with E-state index >= 15 is 0 Å². The summed E-state index contributed by atoms with van der Waals surface area (Å²) in [7, 11) is 0. The van der Waals surface area contributed by atoms with Crippen LogP contribution in [0.15, 0.2) is 0 Å². The molecule has 1 saturated heterocycles. The number of aryl methyl sites for hydroxylation is 1. The molecule has 1 atom stereocenters. The third-order valence-corrected chi connectivity index (χ3v) is 5.22. The molecule has 20 heavy (non-hydrogen) atoms. The highest BCUT2D eigenvalue weighted by Crippen LogP contribution is 2.27. The standard InChI is InChI=1S/C14H22N4S2/c1-3-10-11(4-2)17-18-14(12(10)13(15)19)16-8-9-6-5-7-20-9/h9H,3-8H2,1-2H3,(H2,15,19)(H,16,18). The maximum atomic E-state index is 5.92. The number of aromatic nitrogens is 2. The second-order valence-corrected chi connectivity index (χ2v) is 6.78. The van der Waals surface area contributed by atoms with E-state index in [0.717, 1.165) is 42.0 Å². The Hall–Kier alpha value is -0.880. The predicted molar refractivity (Wildman–Crippen MR) is 90.6 cm³/mol. The first-order chi connectivity index (χ1) is 9.67. The lowest BCUT2D eigenvalue weighted by Crippen LogP contribution is -2.22. The van der Waals surface area contributed by atoms with Crippen molar-refractivity contribution in [3.63, 3.8) is 0 Å². The van der Waals surface area contributed by atoms with Gasteiger partial charge in [-0.05, 0) is 37.0 Å². The van der Waals surface area contributed by atoms with Gasteiger partial charge in [0.05, 0.1) is 11.3 Å². The van der Waals surface area contributed by atoms with E-state index in [4.69, 9.17) is 18.0 Å². The summed E-state index contributed by atoms with van der Waals surface area (Å²) in [5, 5.41) is 12.7. The minimum Gasteiger partial charge on any atom is -0.389 e. The van der Waals surface area contributed by atoms with Crippen molar-refractivity contribution in [2.24, 2.45) is 5.73 Å². The van der Waals surface area contributed by atoms with Gasteiger partial charge in [0.15, 0.2) is 5.82 Å². The van der Waals surface area contributed by atoms with Crippen molar-refractivity contribution in [1.29, 1.82) is 0 Å². The fraction of sp³-hybridized carbons (Fsp3) is 0.643. The molecular formula is C14H22N4S2. The lowest BCUT2D eigenvalue weighted by molar-refractivity contribution is 0.797. The molecule has 0 radical (unpaired) electrons. The molecular weight excluding hydrogens is 288 g/mol. The maximum absolute atomic E-state index is 5.92. The Morgan fingerprint density at radius 2 is 2.20 bits per heavy atom. The monoisotopic (exact) mass is 310 g/mol. The fourth-order valence-electron chi connectivity index (χ4n) is 2.58. The van der Waals surface area contributed by atoms with Crippen molar-refractivity contribution in [2.75, 3.05) is 17.6 Å². The molecule has 1 fully saturated rings. The van der Waals surface area contributed by atoms with E-state index in [9.17, 15) is 0 Å². The molecule has 0 aromatic carbocycles. The zero-order valence-corrected chi connectivity index (χ0v) is 13.7. The second kappa shape index (κ2) is 7.22. The number of anilines is 1. The SMILES string of the molecule is CCc1nnc(NCC2CCCS2)c(C(N)=S)c1CC. The van der Waals surface area contributed by atoms with Crippen LogP contribution in [0.5, 0.6) is 0 Å². The summed E-state index contributed by atoms with van der Waals surface area (Å²) < 4.78 is 0. The summed E-state index contributed by atoms with van der Waals surface area (Å²) in [6.45, 7) is 5.09. The quantitative estimate of drug-likeness (QED) is 0.787. The molecule has 1 aromatic heterocycles. The third kappa shape index (κ3) is 3.41.